The Balaban J connectivity index is 3.84. The zero-order valence-electron chi connectivity index (χ0n) is 19.1. The molecule has 1 rings (SSSR count). The topological polar surface area (TPSA) is 32.6 Å². The Morgan fingerprint density at radius 3 is 1.12 bits per heavy atom. The normalized spacial score (nSPS) is 14.1. The fourth-order valence-electron chi connectivity index (χ4n) is 3.04. The van der Waals surface area contributed by atoms with Crippen molar-refractivity contribution in [1.29, 1.82) is 0 Å². The summed E-state index contributed by atoms with van der Waals surface area (Å²) in [5.74, 6) is 0. The summed E-state index contributed by atoms with van der Waals surface area (Å²) in [6, 6.07) is 4.44. The average Bonchev–Trinajstić information content (AvgIpc) is 2.80. The van der Waals surface area contributed by atoms with Crippen LogP contribution in [-0.2, 0) is 38.8 Å². The van der Waals surface area contributed by atoms with Crippen molar-refractivity contribution >= 4 is 0 Å². The molecular weight excluding hydrogens is 362 g/mol. The van der Waals surface area contributed by atoms with Gasteiger partial charge in [-0.25, -0.2) is 0 Å². The Morgan fingerprint density at radius 2 is 0.923 bits per heavy atom. The van der Waals surface area contributed by atoms with Crippen LogP contribution >= 0.6 is 0 Å². The summed E-state index contributed by atoms with van der Waals surface area (Å²) < 4.78 is 22.1. The molecule has 0 N–H and O–H groups in total. The van der Waals surface area contributed by atoms with Crippen LogP contribution in [-0.4, -0.2) is 21.4 Å². The van der Waals surface area contributed by atoms with E-state index < -0.39 is 18.0 Å². The summed E-state index contributed by atoms with van der Waals surface area (Å²) >= 11 is -3.87. The predicted octanol–water partition coefficient (Wildman–Crippen LogP) is 6.02. The number of hydrogen-bond acceptors (Lipinski definition) is 3. The molecule has 0 unspecified atom stereocenters. The van der Waals surface area contributed by atoms with E-state index in [0.717, 1.165) is 0 Å². The zero-order valence-corrected chi connectivity index (χ0v) is 20.6. The Kier molecular flexibility index (Phi) is 7.80. The van der Waals surface area contributed by atoms with E-state index in [-0.39, 0.29) is 29.1 Å². The van der Waals surface area contributed by atoms with E-state index in [1.165, 1.54) is 11.4 Å². The quantitative estimate of drug-likeness (QED) is 0.522. The third-order valence-electron chi connectivity index (χ3n) is 3.85. The van der Waals surface area contributed by atoms with E-state index in [1.54, 1.807) is 0 Å². The summed E-state index contributed by atoms with van der Waals surface area (Å²) in [6.45, 7) is 25.8. The Labute approximate surface area is 166 Å². The summed E-state index contributed by atoms with van der Waals surface area (Å²) in [5.41, 5.74) is 2.34. The Hall–Kier alpha value is -0.126. The first-order valence-corrected chi connectivity index (χ1v) is 12.5. The molecule has 0 aliphatic rings. The minimum absolute atomic E-state index is 0.0236. The first kappa shape index (κ1) is 23.9. The molecule has 5 heteroatoms. The van der Waals surface area contributed by atoms with Gasteiger partial charge in [-0.3, -0.25) is 0 Å². The van der Waals surface area contributed by atoms with Gasteiger partial charge in [0.05, 0.1) is 0 Å². The molecule has 152 valence electrons. The second-order valence-corrected chi connectivity index (χ2v) is 13.4. The van der Waals surface area contributed by atoms with Gasteiger partial charge in [0.25, 0.3) is 0 Å². The van der Waals surface area contributed by atoms with Crippen LogP contribution in [0, 0.1) is 0 Å². The van der Waals surface area contributed by atoms with Gasteiger partial charge in [-0.05, 0) is 0 Å². The fourth-order valence-corrected chi connectivity index (χ4v) is 8.78. The van der Waals surface area contributed by atoms with Gasteiger partial charge in [-0.15, -0.1) is 0 Å². The van der Waals surface area contributed by atoms with Crippen LogP contribution in [0.5, 0.6) is 0 Å². The van der Waals surface area contributed by atoms with Crippen molar-refractivity contribution in [2.45, 2.75) is 112 Å². The molecule has 1 aromatic heterocycles. The number of rotatable bonds is 7. The zero-order chi connectivity index (χ0) is 20.5. The second kappa shape index (κ2) is 8.49. The van der Waals surface area contributed by atoms with Crippen molar-refractivity contribution in [2.75, 3.05) is 0 Å². The molecule has 0 aliphatic carbocycles. The van der Waals surface area contributed by atoms with Gasteiger partial charge in [0.15, 0.2) is 0 Å². The monoisotopic (exact) mass is 403 g/mol. The molecule has 0 fully saturated rings. The molecule has 0 aromatic carbocycles. The van der Waals surface area contributed by atoms with E-state index in [1.807, 2.05) is 0 Å². The van der Waals surface area contributed by atoms with Gasteiger partial charge in [0.1, 0.15) is 0 Å². The molecule has 0 spiro atoms. The van der Waals surface area contributed by atoms with Crippen LogP contribution in [0.25, 0.3) is 0 Å². The molecule has 0 atom stereocenters. The number of hydrogen-bond donors (Lipinski definition) is 0. The molecule has 1 aromatic rings. The molecule has 0 amide bonds. The summed E-state index contributed by atoms with van der Waals surface area (Å²) in [7, 11) is 0. The molecule has 26 heavy (non-hydrogen) atoms. The summed E-state index contributed by atoms with van der Waals surface area (Å²) in [6.07, 6.45) is 0.0709. The predicted molar refractivity (Wildman–Crippen MR) is 106 cm³/mol. The second-order valence-electron chi connectivity index (χ2n) is 9.96. The molecule has 0 saturated carbocycles. The first-order valence-electron chi connectivity index (χ1n) is 9.87. The minimum atomic E-state index is -3.87. The number of nitrogens with zero attached hydrogens (tertiary/aromatic N) is 1. The average molecular weight is 403 g/mol. The molecule has 1 heterocycles. The third kappa shape index (κ3) is 5.94. The van der Waals surface area contributed by atoms with Crippen molar-refractivity contribution in [1.82, 2.24) is 3.05 Å². The van der Waals surface area contributed by atoms with E-state index in [4.69, 9.17) is 9.96 Å². The molecule has 4 nitrogen and oxygen atoms in total. The molecule has 0 radical (unpaired) electrons. The van der Waals surface area contributed by atoms with Crippen molar-refractivity contribution in [3.63, 3.8) is 0 Å². The van der Waals surface area contributed by atoms with Crippen molar-refractivity contribution in [3.05, 3.63) is 23.5 Å². The van der Waals surface area contributed by atoms with Crippen LogP contribution in [0.3, 0.4) is 0 Å². The van der Waals surface area contributed by atoms with Crippen LogP contribution in [0.1, 0.15) is 94.5 Å². The summed E-state index contributed by atoms with van der Waals surface area (Å²) in [5, 5.41) is 0. The van der Waals surface area contributed by atoms with E-state index in [0.29, 0.717) is 0 Å². The SMILES string of the molecule is CC(C)[O][Ti]([O]C(C)C)([O]C(C)C)[n]1c(C(C)(C)C)ccc1C(C)(C)C. The van der Waals surface area contributed by atoms with Crippen LogP contribution in [0.2, 0.25) is 0 Å². The van der Waals surface area contributed by atoms with Crippen LogP contribution in [0.15, 0.2) is 12.1 Å². The molecule has 0 bridgehead atoms. The molecule has 0 aliphatic heterocycles. The maximum absolute atomic E-state index is 6.58. The summed E-state index contributed by atoms with van der Waals surface area (Å²) in [4.78, 5) is 0. The van der Waals surface area contributed by atoms with Gasteiger partial charge >= 0.3 is 167 Å². The van der Waals surface area contributed by atoms with Gasteiger partial charge in [-0.1, -0.05) is 0 Å². The van der Waals surface area contributed by atoms with E-state index in [2.05, 4.69) is 98.3 Å². The van der Waals surface area contributed by atoms with Gasteiger partial charge < -0.3 is 0 Å². The van der Waals surface area contributed by atoms with Crippen molar-refractivity contribution < 1.29 is 28.0 Å². The number of aromatic nitrogens is 1. The van der Waals surface area contributed by atoms with Crippen LogP contribution < -0.4 is 0 Å². The van der Waals surface area contributed by atoms with E-state index >= 15 is 0 Å². The Bertz CT molecular complexity index is 519. The maximum atomic E-state index is 6.58. The van der Waals surface area contributed by atoms with Gasteiger partial charge in [0, 0.05) is 0 Å². The fraction of sp³-hybridized carbons (Fsp3) is 0.810. The molecule has 0 saturated heterocycles. The van der Waals surface area contributed by atoms with Crippen molar-refractivity contribution in [3.8, 4) is 0 Å². The van der Waals surface area contributed by atoms with Gasteiger partial charge in [0.2, 0.25) is 0 Å². The standard InChI is InChI=1S/C12H20N.3C3H7O.Ti/c1-11(2,3)9-7-8-10(13-9)12(4,5)6;3*1-3(2)4;/h7-8H,1-6H3;3*3H,1-2H3;/q4*-1;+4. The van der Waals surface area contributed by atoms with Crippen molar-refractivity contribution in [2.24, 2.45) is 0 Å². The first-order chi connectivity index (χ1) is 11.6. The van der Waals surface area contributed by atoms with E-state index in [9.17, 15) is 0 Å². The van der Waals surface area contributed by atoms with Crippen LogP contribution in [0.4, 0.5) is 0 Å². The third-order valence-corrected chi connectivity index (χ3v) is 9.06. The molecular formula is C21H41NO3Ti. The van der Waals surface area contributed by atoms with Gasteiger partial charge in [-0.2, -0.15) is 0 Å². The Morgan fingerprint density at radius 1 is 0.654 bits per heavy atom.